The van der Waals surface area contributed by atoms with Crippen molar-refractivity contribution in [2.45, 2.75) is 64.0 Å². The van der Waals surface area contributed by atoms with Crippen LogP contribution >= 0.6 is 23.1 Å². The molecule has 1 N–H and O–H groups in total. The zero-order valence-electron chi connectivity index (χ0n) is 19.3. The van der Waals surface area contributed by atoms with E-state index >= 15 is 0 Å². The molecule has 2 aromatic heterocycles. The van der Waals surface area contributed by atoms with Gasteiger partial charge < -0.3 is 10.1 Å². The summed E-state index contributed by atoms with van der Waals surface area (Å²) in [7, 11) is 0. The molecule has 3 aromatic rings. The number of nitrogens with one attached hydrogen (secondary N) is 1. The fraction of sp³-hybridized carbons (Fsp3) is 0.458. The van der Waals surface area contributed by atoms with Crippen LogP contribution in [0.5, 0.6) is 0 Å². The highest BCUT2D eigenvalue weighted by Crippen LogP contribution is 2.30. The molecule has 0 aliphatic carbocycles. The number of hydrogen-bond acceptors (Lipinski definition) is 6. The highest BCUT2D eigenvalue weighted by molar-refractivity contribution is 8.00. The van der Waals surface area contributed by atoms with Crippen molar-refractivity contribution < 1.29 is 9.53 Å². The molecule has 0 fully saturated rings. The van der Waals surface area contributed by atoms with Gasteiger partial charge in [0.2, 0.25) is 5.91 Å². The van der Waals surface area contributed by atoms with E-state index in [9.17, 15) is 9.59 Å². The number of carbonyl (C=O) groups excluding carboxylic acids is 1. The second kappa shape index (κ2) is 11.1. The van der Waals surface area contributed by atoms with Crippen LogP contribution in [-0.4, -0.2) is 33.9 Å². The van der Waals surface area contributed by atoms with Gasteiger partial charge in [0.25, 0.3) is 5.56 Å². The highest BCUT2D eigenvalue weighted by Gasteiger charge is 2.22. The van der Waals surface area contributed by atoms with Crippen molar-refractivity contribution in [3.8, 4) is 0 Å². The molecule has 0 unspecified atom stereocenters. The first-order valence-corrected chi connectivity index (χ1v) is 12.6. The number of aromatic nitrogens is 2. The van der Waals surface area contributed by atoms with Gasteiger partial charge in [-0.2, -0.15) is 0 Å². The molecule has 172 valence electrons. The second-order valence-electron chi connectivity index (χ2n) is 7.77. The lowest BCUT2D eigenvalue weighted by atomic mass is 10.1. The van der Waals surface area contributed by atoms with Gasteiger partial charge in [-0.05, 0) is 52.2 Å². The van der Waals surface area contributed by atoms with Gasteiger partial charge in [0.1, 0.15) is 4.83 Å². The summed E-state index contributed by atoms with van der Waals surface area (Å²) in [5.74, 6) is -0.0832. The van der Waals surface area contributed by atoms with Gasteiger partial charge in [0, 0.05) is 24.6 Å². The fourth-order valence-corrected chi connectivity index (χ4v) is 5.45. The largest absolute Gasteiger partial charge is 0.382 e. The van der Waals surface area contributed by atoms with Crippen molar-refractivity contribution in [3.63, 3.8) is 0 Å². The molecule has 3 rings (SSSR count). The van der Waals surface area contributed by atoms with E-state index in [-0.39, 0.29) is 17.5 Å². The molecule has 0 spiro atoms. The van der Waals surface area contributed by atoms with Crippen LogP contribution in [0.3, 0.4) is 0 Å². The van der Waals surface area contributed by atoms with Gasteiger partial charge in [0.15, 0.2) is 5.16 Å². The Labute approximate surface area is 197 Å². The number of nitrogens with zero attached hydrogens (tertiary/aromatic N) is 2. The molecule has 0 saturated heterocycles. The van der Waals surface area contributed by atoms with Crippen molar-refractivity contribution in [1.82, 2.24) is 14.9 Å². The molecular weight excluding hydrogens is 442 g/mol. The topological polar surface area (TPSA) is 73.2 Å². The number of aryl methyl sites for hydroxylation is 2. The Bertz CT molecular complexity index is 1120. The summed E-state index contributed by atoms with van der Waals surface area (Å²) in [6.45, 7) is 11.5. The lowest BCUT2D eigenvalue weighted by Gasteiger charge is -2.19. The second-order valence-corrected chi connectivity index (χ2v) is 10.3. The lowest BCUT2D eigenvalue weighted by Crippen LogP contribution is -2.34. The summed E-state index contributed by atoms with van der Waals surface area (Å²) in [6.07, 6.45) is 0.711. The van der Waals surface area contributed by atoms with Crippen LogP contribution < -0.4 is 10.9 Å². The van der Waals surface area contributed by atoms with Crippen molar-refractivity contribution in [2.24, 2.45) is 0 Å². The fourth-order valence-electron chi connectivity index (χ4n) is 3.43. The molecule has 2 heterocycles. The quantitative estimate of drug-likeness (QED) is 0.259. The Balaban J connectivity index is 1.83. The minimum Gasteiger partial charge on any atom is -0.382 e. The molecule has 1 amide bonds. The first kappa shape index (κ1) is 24.5. The smallest absolute Gasteiger partial charge is 0.263 e. The number of thiophene rings is 1. The van der Waals surface area contributed by atoms with Crippen molar-refractivity contribution >= 4 is 39.2 Å². The van der Waals surface area contributed by atoms with Gasteiger partial charge in [0.05, 0.1) is 16.7 Å². The maximum Gasteiger partial charge on any atom is 0.263 e. The highest BCUT2D eigenvalue weighted by atomic mass is 32.2. The summed E-state index contributed by atoms with van der Waals surface area (Å²) in [5, 5.41) is 3.93. The molecular formula is C24H31N3O3S2. The van der Waals surface area contributed by atoms with Crippen molar-refractivity contribution in [1.29, 1.82) is 0 Å². The number of hydrogen-bond donors (Lipinski definition) is 1. The third-order valence-corrected chi connectivity index (χ3v) is 7.63. The van der Waals surface area contributed by atoms with E-state index in [0.29, 0.717) is 36.7 Å². The summed E-state index contributed by atoms with van der Waals surface area (Å²) in [5.41, 5.74) is 2.00. The van der Waals surface area contributed by atoms with E-state index < -0.39 is 5.25 Å². The number of carbonyl (C=O) groups is 1. The van der Waals surface area contributed by atoms with E-state index in [1.54, 1.807) is 4.57 Å². The Morgan fingerprint density at radius 2 is 1.97 bits per heavy atom. The Morgan fingerprint density at radius 3 is 2.66 bits per heavy atom. The zero-order chi connectivity index (χ0) is 23.3. The van der Waals surface area contributed by atoms with Crippen molar-refractivity contribution in [3.05, 3.63) is 56.7 Å². The summed E-state index contributed by atoms with van der Waals surface area (Å²) in [6, 6.07) is 9.77. The predicted octanol–water partition coefficient (Wildman–Crippen LogP) is 4.86. The molecule has 0 aliphatic heterocycles. The van der Waals surface area contributed by atoms with Crippen LogP contribution in [0, 0.1) is 13.8 Å². The number of thioether (sulfide) groups is 1. The molecule has 8 heteroatoms. The van der Waals surface area contributed by atoms with Gasteiger partial charge in [-0.1, -0.05) is 42.1 Å². The molecule has 0 radical (unpaired) electrons. The molecule has 6 nitrogen and oxygen atoms in total. The monoisotopic (exact) mass is 473 g/mol. The number of benzene rings is 1. The Kier molecular flexibility index (Phi) is 8.51. The maximum atomic E-state index is 13.3. The molecule has 2 atom stereocenters. The van der Waals surface area contributed by atoms with Gasteiger partial charge in [-0.3, -0.25) is 14.2 Å². The predicted molar refractivity (Wildman–Crippen MR) is 133 cm³/mol. The normalized spacial score (nSPS) is 13.3. The summed E-state index contributed by atoms with van der Waals surface area (Å²) in [4.78, 5) is 32.8. The zero-order valence-corrected chi connectivity index (χ0v) is 20.9. The molecule has 0 aliphatic rings. The van der Waals surface area contributed by atoms with Gasteiger partial charge >= 0.3 is 0 Å². The number of ether oxygens (including phenoxy) is 1. The van der Waals surface area contributed by atoms with Crippen LogP contribution in [-0.2, 0) is 16.1 Å². The lowest BCUT2D eigenvalue weighted by molar-refractivity contribution is -0.120. The minimum atomic E-state index is -0.397. The minimum absolute atomic E-state index is 0.0406. The van der Waals surface area contributed by atoms with Crippen LogP contribution in [0.15, 0.2) is 40.3 Å². The van der Waals surface area contributed by atoms with E-state index in [2.05, 4.69) is 5.32 Å². The summed E-state index contributed by atoms with van der Waals surface area (Å²) < 4.78 is 7.15. The van der Waals surface area contributed by atoms with Crippen LogP contribution in [0.4, 0.5) is 0 Å². The number of amides is 1. The average molecular weight is 474 g/mol. The van der Waals surface area contributed by atoms with Gasteiger partial charge in [-0.25, -0.2) is 4.98 Å². The molecule has 0 saturated carbocycles. The molecule has 32 heavy (non-hydrogen) atoms. The standard InChI is InChI=1S/C24H31N3O3S2/c1-6-30-14-10-13-27-23(29)20-15(2)17(4)31-22(20)26-24(27)32-18(5)21(28)25-16(3)19-11-8-7-9-12-19/h7-9,11-12,16,18H,6,10,13-14H2,1-5H3,(H,25,28)/t16-,18+/m0/s1. The van der Waals surface area contributed by atoms with Crippen molar-refractivity contribution in [2.75, 3.05) is 13.2 Å². The molecule has 1 aromatic carbocycles. The third-order valence-electron chi connectivity index (χ3n) is 5.44. The first-order valence-electron chi connectivity index (χ1n) is 10.9. The van der Waals surface area contributed by atoms with E-state index in [1.807, 2.05) is 65.0 Å². The van der Waals surface area contributed by atoms with E-state index in [4.69, 9.17) is 9.72 Å². The van der Waals surface area contributed by atoms with Gasteiger partial charge in [-0.15, -0.1) is 11.3 Å². The third kappa shape index (κ3) is 5.60. The number of fused-ring (bicyclic) bond motifs is 1. The maximum absolute atomic E-state index is 13.3. The van der Waals surface area contributed by atoms with Crippen LogP contribution in [0.1, 0.15) is 49.2 Å². The van der Waals surface area contributed by atoms with E-state index in [1.165, 1.54) is 23.1 Å². The first-order chi connectivity index (χ1) is 15.3. The average Bonchev–Trinajstić information content (AvgIpc) is 3.06. The number of rotatable bonds is 10. The van der Waals surface area contributed by atoms with Crippen LogP contribution in [0.25, 0.3) is 10.2 Å². The Hall–Kier alpha value is -2.16. The van der Waals surface area contributed by atoms with E-state index in [0.717, 1.165) is 20.8 Å². The summed E-state index contributed by atoms with van der Waals surface area (Å²) >= 11 is 2.86. The Morgan fingerprint density at radius 1 is 1.25 bits per heavy atom. The van der Waals surface area contributed by atoms with Crippen LogP contribution in [0.2, 0.25) is 0 Å². The SMILES string of the molecule is CCOCCCn1c(S[C@H](C)C(=O)N[C@@H](C)c2ccccc2)nc2sc(C)c(C)c2c1=O. The molecule has 0 bridgehead atoms.